The molecule has 0 bridgehead atoms. The topological polar surface area (TPSA) is 35.6 Å². The first-order valence-corrected chi connectivity index (χ1v) is 9.04. The van der Waals surface area contributed by atoms with E-state index in [1.54, 1.807) is 0 Å². The number of amides is 1. The van der Waals surface area contributed by atoms with E-state index in [1.165, 1.54) is 5.56 Å². The molecule has 1 atom stereocenters. The molecule has 4 heteroatoms. The summed E-state index contributed by atoms with van der Waals surface area (Å²) in [5, 5.41) is 3.26. The summed E-state index contributed by atoms with van der Waals surface area (Å²) in [6, 6.07) is 17.8. The first-order chi connectivity index (χ1) is 12.7. The van der Waals surface area contributed by atoms with Crippen molar-refractivity contribution in [1.82, 2.24) is 9.80 Å². The van der Waals surface area contributed by atoms with Gasteiger partial charge in [0.1, 0.15) is 6.04 Å². The molecule has 0 unspecified atom stereocenters. The van der Waals surface area contributed by atoms with Gasteiger partial charge in [0.25, 0.3) is 0 Å². The van der Waals surface area contributed by atoms with Crippen LogP contribution in [-0.4, -0.2) is 47.9 Å². The minimum Gasteiger partial charge on any atom is -0.374 e. The van der Waals surface area contributed by atoms with Crippen molar-refractivity contribution < 1.29 is 4.79 Å². The number of nitrogens with one attached hydrogen (secondary N) is 1. The zero-order chi connectivity index (χ0) is 18.4. The second kappa shape index (κ2) is 8.55. The highest BCUT2D eigenvalue weighted by Crippen LogP contribution is 2.14. The molecule has 26 heavy (non-hydrogen) atoms. The van der Waals surface area contributed by atoms with Gasteiger partial charge in [0, 0.05) is 44.0 Å². The van der Waals surface area contributed by atoms with Gasteiger partial charge in [-0.3, -0.25) is 9.69 Å². The van der Waals surface area contributed by atoms with Crippen LogP contribution in [-0.2, 0) is 11.3 Å². The van der Waals surface area contributed by atoms with E-state index in [0.29, 0.717) is 0 Å². The highest BCUT2D eigenvalue weighted by atomic mass is 16.2. The third-order valence-electron chi connectivity index (χ3n) is 4.72. The van der Waals surface area contributed by atoms with E-state index in [2.05, 4.69) is 40.4 Å². The van der Waals surface area contributed by atoms with Gasteiger partial charge in [-0.15, -0.1) is 6.42 Å². The number of carbonyl (C=O) groups is 1. The van der Waals surface area contributed by atoms with Crippen molar-refractivity contribution >= 4 is 11.6 Å². The van der Waals surface area contributed by atoms with Crippen LogP contribution in [0.3, 0.4) is 0 Å². The monoisotopic (exact) mass is 347 g/mol. The number of hydrogen-bond acceptors (Lipinski definition) is 3. The summed E-state index contributed by atoms with van der Waals surface area (Å²) in [6.07, 6.45) is 5.44. The third-order valence-corrected chi connectivity index (χ3v) is 4.72. The second-order valence-corrected chi connectivity index (χ2v) is 6.68. The van der Waals surface area contributed by atoms with Gasteiger partial charge in [-0.1, -0.05) is 42.3 Å². The molecule has 1 N–H and O–H groups in total. The summed E-state index contributed by atoms with van der Waals surface area (Å²) in [4.78, 5) is 17.1. The number of anilines is 1. The molecule has 1 aliphatic rings. The average Bonchev–Trinajstić information content (AvgIpc) is 2.69. The van der Waals surface area contributed by atoms with Crippen LogP contribution in [0.25, 0.3) is 0 Å². The highest BCUT2D eigenvalue weighted by molar-refractivity contribution is 5.84. The second-order valence-electron chi connectivity index (χ2n) is 6.68. The lowest BCUT2D eigenvalue weighted by atomic mass is 10.1. The van der Waals surface area contributed by atoms with Crippen molar-refractivity contribution in [2.24, 2.45) is 0 Å². The van der Waals surface area contributed by atoms with Gasteiger partial charge in [-0.25, -0.2) is 0 Å². The predicted octanol–water partition coefficient (Wildman–Crippen LogP) is 2.81. The van der Waals surface area contributed by atoms with Gasteiger partial charge in [0.15, 0.2) is 0 Å². The Labute approximate surface area is 155 Å². The normalized spacial score (nSPS) is 15.9. The van der Waals surface area contributed by atoms with Crippen molar-refractivity contribution in [3.63, 3.8) is 0 Å². The van der Waals surface area contributed by atoms with Crippen molar-refractivity contribution in [2.45, 2.75) is 19.5 Å². The minimum absolute atomic E-state index is 0.135. The molecule has 1 fully saturated rings. The van der Waals surface area contributed by atoms with Crippen LogP contribution in [0, 0.1) is 12.3 Å². The number of terminal acetylenes is 1. The molecule has 0 spiro atoms. The van der Waals surface area contributed by atoms with E-state index in [4.69, 9.17) is 6.42 Å². The zero-order valence-corrected chi connectivity index (χ0v) is 15.2. The molecule has 4 nitrogen and oxygen atoms in total. The Morgan fingerprint density at radius 2 is 1.85 bits per heavy atom. The standard InChI is InChI=1S/C22H25N3O/c1-3-19-10-7-11-21(16-19)23-18(2)22(26)25-14-12-24(13-15-25)17-20-8-5-4-6-9-20/h1,4-11,16,18,23H,12-15,17H2,2H3/t18-/m0/s1. The van der Waals surface area contributed by atoms with E-state index in [9.17, 15) is 4.79 Å². The minimum atomic E-state index is -0.274. The van der Waals surface area contributed by atoms with Gasteiger partial charge in [0.05, 0.1) is 0 Å². The first kappa shape index (κ1) is 18.0. The molecular weight excluding hydrogens is 322 g/mol. The number of benzene rings is 2. The lowest BCUT2D eigenvalue weighted by Crippen LogP contribution is -2.51. The fraction of sp³-hybridized carbons (Fsp3) is 0.318. The summed E-state index contributed by atoms with van der Waals surface area (Å²) >= 11 is 0. The molecule has 1 amide bonds. The van der Waals surface area contributed by atoms with Crippen LogP contribution in [0.2, 0.25) is 0 Å². The molecule has 134 valence electrons. The Bertz CT molecular complexity index is 773. The maximum Gasteiger partial charge on any atom is 0.244 e. The van der Waals surface area contributed by atoms with Gasteiger partial charge in [-0.2, -0.15) is 0 Å². The Balaban J connectivity index is 1.50. The van der Waals surface area contributed by atoms with E-state index >= 15 is 0 Å². The first-order valence-electron chi connectivity index (χ1n) is 9.04. The molecule has 0 radical (unpaired) electrons. The van der Waals surface area contributed by atoms with E-state index in [-0.39, 0.29) is 11.9 Å². The Kier molecular flexibility index (Phi) is 5.93. The lowest BCUT2D eigenvalue weighted by Gasteiger charge is -2.36. The van der Waals surface area contributed by atoms with E-state index in [0.717, 1.165) is 44.0 Å². The molecular formula is C22H25N3O. The van der Waals surface area contributed by atoms with Gasteiger partial charge in [-0.05, 0) is 30.7 Å². The quantitative estimate of drug-likeness (QED) is 0.845. The maximum atomic E-state index is 12.7. The number of rotatable bonds is 5. The Morgan fingerprint density at radius 3 is 2.54 bits per heavy atom. The Morgan fingerprint density at radius 1 is 1.12 bits per heavy atom. The summed E-state index contributed by atoms with van der Waals surface area (Å²) in [6.45, 7) is 6.18. The highest BCUT2D eigenvalue weighted by Gasteiger charge is 2.24. The summed E-state index contributed by atoms with van der Waals surface area (Å²) < 4.78 is 0. The molecule has 1 heterocycles. The lowest BCUT2D eigenvalue weighted by molar-refractivity contribution is -0.133. The molecule has 3 rings (SSSR count). The number of piperazine rings is 1. The summed E-state index contributed by atoms with van der Waals surface area (Å²) in [5.74, 6) is 2.75. The van der Waals surface area contributed by atoms with E-state index < -0.39 is 0 Å². The van der Waals surface area contributed by atoms with Gasteiger partial charge in [0.2, 0.25) is 5.91 Å². The molecule has 0 aromatic heterocycles. The summed E-state index contributed by atoms with van der Waals surface area (Å²) in [7, 11) is 0. The molecule has 1 saturated heterocycles. The number of hydrogen-bond donors (Lipinski definition) is 1. The molecule has 1 aliphatic heterocycles. The van der Waals surface area contributed by atoms with Crippen LogP contribution >= 0.6 is 0 Å². The van der Waals surface area contributed by atoms with Crippen molar-refractivity contribution in [1.29, 1.82) is 0 Å². The fourth-order valence-electron chi connectivity index (χ4n) is 3.25. The van der Waals surface area contributed by atoms with Crippen LogP contribution < -0.4 is 5.32 Å². The van der Waals surface area contributed by atoms with Gasteiger partial charge < -0.3 is 10.2 Å². The fourth-order valence-corrected chi connectivity index (χ4v) is 3.25. The third kappa shape index (κ3) is 4.65. The van der Waals surface area contributed by atoms with Gasteiger partial charge >= 0.3 is 0 Å². The summed E-state index contributed by atoms with van der Waals surface area (Å²) in [5.41, 5.74) is 3.00. The zero-order valence-electron chi connectivity index (χ0n) is 15.2. The molecule has 0 saturated carbocycles. The van der Waals surface area contributed by atoms with E-state index in [1.807, 2.05) is 42.2 Å². The van der Waals surface area contributed by atoms with Crippen LogP contribution in [0.4, 0.5) is 5.69 Å². The predicted molar refractivity (Wildman–Crippen MR) is 106 cm³/mol. The molecule has 2 aromatic carbocycles. The number of nitrogens with zero attached hydrogens (tertiary/aromatic N) is 2. The maximum absolute atomic E-state index is 12.7. The smallest absolute Gasteiger partial charge is 0.244 e. The Hall–Kier alpha value is -2.77. The molecule has 0 aliphatic carbocycles. The largest absolute Gasteiger partial charge is 0.374 e. The van der Waals surface area contributed by atoms with Crippen molar-refractivity contribution in [3.8, 4) is 12.3 Å². The van der Waals surface area contributed by atoms with Crippen LogP contribution in [0.15, 0.2) is 54.6 Å². The molecule has 2 aromatic rings. The van der Waals surface area contributed by atoms with Crippen LogP contribution in [0.1, 0.15) is 18.1 Å². The average molecular weight is 347 g/mol. The van der Waals surface area contributed by atoms with Crippen LogP contribution in [0.5, 0.6) is 0 Å². The van der Waals surface area contributed by atoms with Crippen molar-refractivity contribution in [3.05, 3.63) is 65.7 Å². The number of carbonyl (C=O) groups excluding carboxylic acids is 1. The SMILES string of the molecule is C#Cc1cccc(N[C@@H](C)C(=O)N2CCN(Cc3ccccc3)CC2)c1. The van der Waals surface area contributed by atoms with Crippen molar-refractivity contribution in [2.75, 3.05) is 31.5 Å².